The Balaban J connectivity index is 2.73. The van der Waals surface area contributed by atoms with Crippen LogP contribution in [0.25, 0.3) is 0 Å². The Labute approximate surface area is 110 Å². The zero-order valence-corrected chi connectivity index (χ0v) is 10.4. The minimum Gasteiger partial charge on any atom is -0.477 e. The van der Waals surface area contributed by atoms with Crippen molar-refractivity contribution in [3.8, 4) is 0 Å². The van der Waals surface area contributed by atoms with Crippen molar-refractivity contribution in [3.63, 3.8) is 0 Å². The van der Waals surface area contributed by atoms with Gasteiger partial charge in [-0.3, -0.25) is 0 Å². The summed E-state index contributed by atoms with van der Waals surface area (Å²) in [6, 6.07) is 0. The molecule has 0 saturated heterocycles. The number of hydrogen-bond donors (Lipinski definition) is 2. The van der Waals surface area contributed by atoms with E-state index in [0.717, 1.165) is 0 Å². The van der Waals surface area contributed by atoms with E-state index in [4.69, 9.17) is 5.11 Å². The predicted octanol–water partition coefficient (Wildman–Crippen LogP) is 1.77. The molecule has 0 aromatic rings. The largest absolute Gasteiger partial charge is 0.477 e. The molecule has 0 heterocycles. The lowest BCUT2D eigenvalue weighted by atomic mass is 10.1. The number of hydrogen-bond acceptors (Lipinski definition) is 4. The Morgan fingerprint density at radius 3 is 2.89 bits per heavy atom. The summed E-state index contributed by atoms with van der Waals surface area (Å²) in [7, 11) is 0. The third-order valence-electron chi connectivity index (χ3n) is 2.05. The van der Waals surface area contributed by atoms with Crippen LogP contribution in [-0.4, -0.2) is 29.5 Å². The van der Waals surface area contributed by atoms with Crippen LogP contribution in [0.1, 0.15) is 13.3 Å². The molecular formula is C13H14N2O4. The monoisotopic (exact) mass is 262 g/mol. The van der Waals surface area contributed by atoms with Gasteiger partial charge in [-0.25, -0.2) is 15.0 Å². The number of aliphatic carboxylic acids is 1. The highest BCUT2D eigenvalue weighted by molar-refractivity contribution is 6.36. The molecule has 1 aliphatic rings. The van der Waals surface area contributed by atoms with Gasteiger partial charge in [0.25, 0.3) is 0 Å². The molecule has 2 N–H and O–H groups in total. The van der Waals surface area contributed by atoms with Gasteiger partial charge in [0.1, 0.15) is 0 Å². The molecule has 6 nitrogen and oxygen atoms in total. The first-order valence-electron chi connectivity index (χ1n) is 5.65. The fraction of sp³-hybridized carbons (Fsp3) is 0.231. The molecule has 0 fully saturated rings. The second-order valence-corrected chi connectivity index (χ2v) is 3.45. The lowest BCUT2D eigenvalue weighted by Gasteiger charge is -2.03. The van der Waals surface area contributed by atoms with Crippen LogP contribution in [0.15, 0.2) is 46.8 Å². The van der Waals surface area contributed by atoms with Gasteiger partial charge in [0, 0.05) is 12.0 Å². The van der Waals surface area contributed by atoms with Crippen molar-refractivity contribution in [1.82, 2.24) is 5.43 Å². The third kappa shape index (κ3) is 5.52. The summed E-state index contributed by atoms with van der Waals surface area (Å²) in [4.78, 5) is 22.0. The highest BCUT2D eigenvalue weighted by atomic mass is 16.5. The number of carboxylic acid groups (broad SMARTS) is 1. The molecule has 1 amide bonds. The van der Waals surface area contributed by atoms with E-state index in [1.165, 1.54) is 0 Å². The lowest BCUT2D eigenvalue weighted by molar-refractivity contribution is -0.129. The van der Waals surface area contributed by atoms with Crippen molar-refractivity contribution in [2.75, 3.05) is 6.61 Å². The van der Waals surface area contributed by atoms with Gasteiger partial charge in [0.05, 0.1) is 6.61 Å². The Bertz CT molecular complexity index is 509. The summed E-state index contributed by atoms with van der Waals surface area (Å²) < 4.78 is 4.58. The van der Waals surface area contributed by atoms with Crippen molar-refractivity contribution >= 4 is 17.8 Å². The average Bonchev–Trinajstić information content (AvgIpc) is 2.63. The quantitative estimate of drug-likeness (QED) is 0.449. The van der Waals surface area contributed by atoms with Crippen molar-refractivity contribution in [2.45, 2.75) is 13.3 Å². The first-order valence-corrected chi connectivity index (χ1v) is 5.65. The molecular weight excluding hydrogens is 248 g/mol. The van der Waals surface area contributed by atoms with E-state index >= 15 is 0 Å². The predicted molar refractivity (Wildman–Crippen MR) is 69.7 cm³/mol. The molecule has 1 aliphatic carbocycles. The molecule has 0 aromatic heterocycles. The number of carboxylic acids is 1. The number of rotatable bonds is 5. The Morgan fingerprint density at radius 1 is 1.42 bits per heavy atom. The van der Waals surface area contributed by atoms with Crippen LogP contribution in [0.5, 0.6) is 0 Å². The fourth-order valence-corrected chi connectivity index (χ4v) is 1.22. The summed E-state index contributed by atoms with van der Waals surface area (Å²) >= 11 is 0. The molecule has 100 valence electrons. The van der Waals surface area contributed by atoms with E-state index in [2.05, 4.69) is 15.6 Å². The first-order chi connectivity index (χ1) is 9.13. The second kappa shape index (κ2) is 7.68. The van der Waals surface area contributed by atoms with Crippen LogP contribution in [0.2, 0.25) is 0 Å². The van der Waals surface area contributed by atoms with Crippen LogP contribution >= 0.6 is 0 Å². The SMILES string of the molecule is CCOC(=O)N/N=C(/CC1=C=CC=CC=C1)C(=O)O. The van der Waals surface area contributed by atoms with E-state index in [0.29, 0.717) is 5.57 Å². The summed E-state index contributed by atoms with van der Waals surface area (Å²) in [6.07, 6.45) is 8.01. The van der Waals surface area contributed by atoms with Crippen molar-refractivity contribution in [1.29, 1.82) is 0 Å². The third-order valence-corrected chi connectivity index (χ3v) is 2.05. The van der Waals surface area contributed by atoms with Crippen LogP contribution in [0.3, 0.4) is 0 Å². The maximum atomic E-state index is 11.0. The highest BCUT2D eigenvalue weighted by Crippen LogP contribution is 2.06. The van der Waals surface area contributed by atoms with Gasteiger partial charge in [0.2, 0.25) is 0 Å². The number of nitrogens with one attached hydrogen (secondary N) is 1. The smallest absolute Gasteiger partial charge is 0.427 e. The number of ether oxygens (including phenoxy) is 1. The maximum absolute atomic E-state index is 11.0. The van der Waals surface area contributed by atoms with Gasteiger partial charge >= 0.3 is 12.1 Å². The molecule has 0 spiro atoms. The van der Waals surface area contributed by atoms with Crippen LogP contribution < -0.4 is 5.43 Å². The molecule has 0 radical (unpaired) electrons. The second-order valence-electron chi connectivity index (χ2n) is 3.45. The first kappa shape index (κ1) is 14.5. The summed E-state index contributed by atoms with van der Waals surface area (Å²) in [5, 5.41) is 12.5. The van der Waals surface area contributed by atoms with E-state index < -0.39 is 12.1 Å². The summed E-state index contributed by atoms with van der Waals surface area (Å²) in [5.41, 5.74) is 5.39. The Morgan fingerprint density at radius 2 is 2.21 bits per heavy atom. The molecule has 0 aromatic carbocycles. The van der Waals surface area contributed by atoms with Crippen molar-refractivity contribution < 1.29 is 19.4 Å². The topological polar surface area (TPSA) is 88.0 Å². The van der Waals surface area contributed by atoms with Crippen molar-refractivity contribution in [3.05, 3.63) is 41.7 Å². The van der Waals surface area contributed by atoms with Crippen LogP contribution in [0, 0.1) is 0 Å². The van der Waals surface area contributed by atoms with Gasteiger partial charge in [0.15, 0.2) is 5.71 Å². The zero-order valence-electron chi connectivity index (χ0n) is 10.4. The van der Waals surface area contributed by atoms with Gasteiger partial charge in [-0.2, -0.15) is 5.10 Å². The van der Waals surface area contributed by atoms with Crippen LogP contribution in [-0.2, 0) is 9.53 Å². The Hall–Kier alpha value is -2.59. The van der Waals surface area contributed by atoms with Gasteiger partial charge in [-0.15, -0.1) is 5.73 Å². The van der Waals surface area contributed by atoms with Gasteiger partial charge in [-0.1, -0.05) is 24.3 Å². The minimum absolute atomic E-state index is 0.0520. The van der Waals surface area contributed by atoms with E-state index in [1.807, 2.05) is 5.43 Å². The van der Waals surface area contributed by atoms with Crippen LogP contribution in [0.4, 0.5) is 4.79 Å². The Kier molecular flexibility index (Phi) is 5.85. The minimum atomic E-state index is -1.21. The van der Waals surface area contributed by atoms with Crippen molar-refractivity contribution in [2.24, 2.45) is 5.10 Å². The standard InChI is InChI=1S/C13H14N2O4/c1-2-19-13(18)15-14-11(12(16)17)9-10-7-5-3-4-6-8-10/h3-7H,2,9H2,1H3,(H,15,18)(H,16,17)/b14-11-. The van der Waals surface area contributed by atoms with E-state index in [9.17, 15) is 9.59 Å². The number of allylic oxidation sites excluding steroid dienone is 5. The highest BCUT2D eigenvalue weighted by Gasteiger charge is 2.12. The molecule has 0 unspecified atom stereocenters. The fourth-order valence-electron chi connectivity index (χ4n) is 1.22. The molecule has 0 aliphatic heterocycles. The summed E-state index contributed by atoms with van der Waals surface area (Å²) in [6.45, 7) is 1.83. The van der Waals surface area contributed by atoms with Gasteiger partial charge < -0.3 is 9.84 Å². The van der Waals surface area contributed by atoms with Gasteiger partial charge in [-0.05, 0) is 13.0 Å². The molecule has 0 saturated carbocycles. The van der Waals surface area contributed by atoms with E-state index in [1.54, 1.807) is 37.3 Å². The molecule has 0 atom stereocenters. The number of carbonyl (C=O) groups is 2. The number of hydrazone groups is 1. The normalized spacial score (nSPS) is 13.7. The van der Waals surface area contributed by atoms with E-state index in [-0.39, 0.29) is 18.7 Å². The molecule has 6 heteroatoms. The number of amides is 1. The maximum Gasteiger partial charge on any atom is 0.427 e. The number of carbonyl (C=O) groups excluding carboxylic acids is 1. The molecule has 1 rings (SSSR count). The zero-order chi connectivity index (χ0) is 14.1. The molecule has 0 bridgehead atoms. The molecule has 19 heavy (non-hydrogen) atoms. The number of nitrogens with zero attached hydrogens (tertiary/aromatic N) is 1. The summed E-state index contributed by atoms with van der Waals surface area (Å²) in [5.74, 6) is -1.21. The lowest BCUT2D eigenvalue weighted by Crippen LogP contribution is -2.24. The average molecular weight is 262 g/mol.